The van der Waals surface area contributed by atoms with Crippen LogP contribution in [0.3, 0.4) is 0 Å². The lowest BCUT2D eigenvalue weighted by Crippen LogP contribution is -2.12. The van der Waals surface area contributed by atoms with Crippen LogP contribution < -0.4 is 0 Å². The molecule has 8 heteroatoms. The van der Waals surface area contributed by atoms with Crippen LogP contribution in [-0.4, -0.2) is 23.6 Å². The van der Waals surface area contributed by atoms with Crippen LogP contribution in [0.2, 0.25) is 0 Å². The molecule has 0 bridgehead atoms. The molecular weight excluding hydrogens is 392 g/mol. The molecule has 0 amide bonds. The summed E-state index contributed by atoms with van der Waals surface area (Å²) in [6, 6.07) is 18.8. The van der Waals surface area contributed by atoms with Crippen LogP contribution in [0.4, 0.5) is 5.69 Å². The zero-order chi connectivity index (χ0) is 20.6. The fraction of sp³-hybridized carbons (Fsp3) is 0. The van der Waals surface area contributed by atoms with E-state index < -0.39 is 14.9 Å². The fourth-order valence-corrected chi connectivity index (χ4v) is 4.62. The SMILES string of the molecule is O=Cc1ccc2c(c1)c(-c1ccccc1)cn2S(=O)(=O)c1cccc([N+](=O)[O-])c1. The molecule has 0 fully saturated rings. The normalized spacial score (nSPS) is 11.4. The lowest BCUT2D eigenvalue weighted by Gasteiger charge is -2.07. The highest BCUT2D eigenvalue weighted by Gasteiger charge is 2.23. The van der Waals surface area contributed by atoms with Crippen LogP contribution >= 0.6 is 0 Å². The number of nitro benzene ring substituents is 1. The molecule has 0 spiro atoms. The van der Waals surface area contributed by atoms with E-state index in [-0.39, 0.29) is 10.6 Å². The monoisotopic (exact) mass is 406 g/mol. The van der Waals surface area contributed by atoms with Crippen molar-refractivity contribution in [2.45, 2.75) is 4.90 Å². The fourth-order valence-electron chi connectivity index (χ4n) is 3.21. The molecule has 4 aromatic rings. The van der Waals surface area contributed by atoms with Crippen molar-refractivity contribution in [1.29, 1.82) is 0 Å². The van der Waals surface area contributed by atoms with Crippen molar-refractivity contribution in [1.82, 2.24) is 3.97 Å². The molecule has 4 rings (SSSR count). The van der Waals surface area contributed by atoms with Crippen molar-refractivity contribution in [3.05, 3.63) is 94.7 Å². The van der Waals surface area contributed by atoms with Gasteiger partial charge in [-0.15, -0.1) is 0 Å². The van der Waals surface area contributed by atoms with Gasteiger partial charge in [-0.1, -0.05) is 36.4 Å². The van der Waals surface area contributed by atoms with Crippen molar-refractivity contribution in [2.24, 2.45) is 0 Å². The third-order valence-electron chi connectivity index (χ3n) is 4.60. The smallest absolute Gasteiger partial charge is 0.270 e. The highest BCUT2D eigenvalue weighted by Crippen LogP contribution is 2.34. The quantitative estimate of drug-likeness (QED) is 0.280. The summed E-state index contributed by atoms with van der Waals surface area (Å²) in [4.78, 5) is 21.5. The van der Waals surface area contributed by atoms with Gasteiger partial charge in [0.1, 0.15) is 6.29 Å². The van der Waals surface area contributed by atoms with E-state index in [0.717, 1.165) is 15.6 Å². The predicted octanol–water partition coefficient (Wildman–Crippen LogP) is 4.27. The van der Waals surface area contributed by atoms with E-state index >= 15 is 0 Å². The number of carbonyl (C=O) groups excluding carboxylic acids is 1. The van der Waals surface area contributed by atoms with Crippen molar-refractivity contribution < 1.29 is 18.1 Å². The highest BCUT2D eigenvalue weighted by molar-refractivity contribution is 7.90. The second-order valence-electron chi connectivity index (χ2n) is 6.36. The largest absolute Gasteiger partial charge is 0.298 e. The molecule has 0 aliphatic carbocycles. The van der Waals surface area contributed by atoms with E-state index in [1.165, 1.54) is 30.5 Å². The minimum atomic E-state index is -4.10. The Kier molecular flexibility index (Phi) is 4.48. The minimum Gasteiger partial charge on any atom is -0.298 e. The first-order valence-electron chi connectivity index (χ1n) is 8.57. The Morgan fingerprint density at radius 1 is 0.931 bits per heavy atom. The number of carbonyl (C=O) groups is 1. The Bertz CT molecular complexity index is 1360. The zero-order valence-corrected chi connectivity index (χ0v) is 15.7. The van der Waals surface area contributed by atoms with Crippen molar-refractivity contribution in [2.75, 3.05) is 0 Å². The van der Waals surface area contributed by atoms with Gasteiger partial charge in [-0.25, -0.2) is 12.4 Å². The van der Waals surface area contributed by atoms with Crippen LogP contribution in [0.1, 0.15) is 10.4 Å². The van der Waals surface area contributed by atoms with Gasteiger partial charge < -0.3 is 0 Å². The van der Waals surface area contributed by atoms with Crippen LogP contribution in [0, 0.1) is 10.1 Å². The average Bonchev–Trinajstić information content (AvgIpc) is 3.14. The molecule has 0 aliphatic rings. The molecule has 1 aromatic heterocycles. The first-order chi connectivity index (χ1) is 13.9. The topological polar surface area (TPSA) is 99.3 Å². The van der Waals surface area contributed by atoms with E-state index in [0.29, 0.717) is 28.3 Å². The van der Waals surface area contributed by atoms with Crippen LogP contribution in [0.5, 0.6) is 0 Å². The first kappa shape index (κ1) is 18.6. The van der Waals surface area contributed by atoms with Crippen molar-refractivity contribution in [3.8, 4) is 11.1 Å². The summed E-state index contributed by atoms with van der Waals surface area (Å²) in [5, 5.41) is 11.7. The van der Waals surface area contributed by atoms with Gasteiger partial charge in [-0.2, -0.15) is 0 Å². The molecule has 0 unspecified atom stereocenters. The number of fused-ring (bicyclic) bond motifs is 1. The molecule has 144 valence electrons. The van der Waals surface area contributed by atoms with Crippen molar-refractivity contribution >= 4 is 32.9 Å². The third-order valence-corrected chi connectivity index (χ3v) is 6.27. The van der Waals surface area contributed by atoms with Gasteiger partial charge in [0.15, 0.2) is 0 Å². The van der Waals surface area contributed by atoms with Gasteiger partial charge >= 0.3 is 0 Å². The number of rotatable bonds is 5. The first-order valence-corrected chi connectivity index (χ1v) is 10.0. The van der Waals surface area contributed by atoms with E-state index in [1.54, 1.807) is 12.1 Å². The van der Waals surface area contributed by atoms with Gasteiger partial charge in [-0.05, 0) is 29.8 Å². The van der Waals surface area contributed by atoms with E-state index in [4.69, 9.17) is 0 Å². The number of hydrogen-bond donors (Lipinski definition) is 0. The number of hydrogen-bond acceptors (Lipinski definition) is 5. The number of nitrogens with zero attached hydrogens (tertiary/aromatic N) is 2. The molecule has 3 aromatic carbocycles. The summed E-state index contributed by atoms with van der Waals surface area (Å²) in [5.74, 6) is 0. The molecule has 29 heavy (non-hydrogen) atoms. The van der Waals surface area contributed by atoms with Gasteiger partial charge in [0.05, 0.1) is 15.3 Å². The zero-order valence-electron chi connectivity index (χ0n) is 14.9. The standard InChI is InChI=1S/C21H14N2O5S/c24-14-15-9-10-21-19(11-15)20(16-5-2-1-3-6-16)13-22(21)29(27,28)18-8-4-7-17(12-18)23(25)26/h1-14H. The van der Waals surface area contributed by atoms with Gasteiger partial charge in [0.25, 0.3) is 15.7 Å². The summed E-state index contributed by atoms with van der Waals surface area (Å²) in [6.07, 6.45) is 2.17. The maximum absolute atomic E-state index is 13.3. The molecule has 0 radical (unpaired) electrons. The maximum atomic E-state index is 13.3. The van der Waals surface area contributed by atoms with Crippen molar-refractivity contribution in [3.63, 3.8) is 0 Å². The Labute approximate surface area is 166 Å². The van der Waals surface area contributed by atoms with Crippen LogP contribution in [-0.2, 0) is 10.0 Å². The van der Waals surface area contributed by atoms with Gasteiger partial charge in [-0.3, -0.25) is 14.9 Å². The Morgan fingerprint density at radius 3 is 2.38 bits per heavy atom. The molecule has 0 atom stereocenters. The minimum absolute atomic E-state index is 0.192. The van der Waals surface area contributed by atoms with Crippen LogP contribution in [0.25, 0.3) is 22.0 Å². The summed E-state index contributed by atoms with van der Waals surface area (Å²) in [6.45, 7) is 0. The Hall–Kier alpha value is -3.78. The molecule has 7 nitrogen and oxygen atoms in total. The summed E-state index contributed by atoms with van der Waals surface area (Å²) in [7, 11) is -4.10. The number of aromatic nitrogens is 1. The molecule has 1 heterocycles. The summed E-state index contributed by atoms with van der Waals surface area (Å²) in [5.41, 5.74) is 1.90. The second-order valence-corrected chi connectivity index (χ2v) is 8.17. The summed E-state index contributed by atoms with van der Waals surface area (Å²) >= 11 is 0. The average molecular weight is 406 g/mol. The molecule has 0 saturated heterocycles. The lowest BCUT2D eigenvalue weighted by atomic mass is 10.0. The molecular formula is C21H14N2O5S. The molecule has 0 N–H and O–H groups in total. The van der Waals surface area contributed by atoms with E-state index in [2.05, 4.69) is 0 Å². The second kappa shape index (κ2) is 6.99. The van der Waals surface area contributed by atoms with Crippen LogP contribution in [0.15, 0.2) is 83.9 Å². The third kappa shape index (κ3) is 3.19. The molecule has 0 aliphatic heterocycles. The number of benzene rings is 3. The van der Waals surface area contributed by atoms with E-state index in [1.807, 2.05) is 30.3 Å². The van der Waals surface area contributed by atoms with E-state index in [9.17, 15) is 23.3 Å². The predicted molar refractivity (Wildman–Crippen MR) is 108 cm³/mol. The highest BCUT2D eigenvalue weighted by atomic mass is 32.2. The van der Waals surface area contributed by atoms with Gasteiger partial charge in [0.2, 0.25) is 0 Å². The van der Waals surface area contributed by atoms with Gasteiger partial charge in [0, 0.05) is 34.8 Å². The Morgan fingerprint density at radius 2 is 1.69 bits per heavy atom. The number of aldehydes is 1. The Balaban J connectivity index is 2.00. The lowest BCUT2D eigenvalue weighted by molar-refractivity contribution is -0.385. The maximum Gasteiger partial charge on any atom is 0.270 e. The number of nitro groups is 1. The number of non-ortho nitro benzene ring substituents is 1. The molecule has 0 saturated carbocycles. The summed E-state index contributed by atoms with van der Waals surface area (Å²) < 4.78 is 27.7.